The number of thiocarbonyl (C=S) groups is 1. The monoisotopic (exact) mass is 436 g/mol. The van der Waals surface area contributed by atoms with E-state index in [1.165, 1.54) is 18.2 Å². The molecule has 1 aromatic rings. The summed E-state index contributed by atoms with van der Waals surface area (Å²) < 4.78 is 32.7. The van der Waals surface area contributed by atoms with E-state index in [2.05, 4.69) is 11.9 Å². The molecule has 1 aliphatic carbocycles. The van der Waals surface area contributed by atoms with Crippen molar-refractivity contribution in [1.29, 1.82) is 0 Å². The highest BCUT2D eigenvalue weighted by Gasteiger charge is 2.34. The number of halogens is 2. The van der Waals surface area contributed by atoms with Crippen molar-refractivity contribution in [3.8, 4) is 0 Å². The molecule has 1 N–H and O–H groups in total. The summed E-state index contributed by atoms with van der Waals surface area (Å²) in [7, 11) is 0. The summed E-state index contributed by atoms with van der Waals surface area (Å²) in [5.41, 5.74) is 0.198. The SMILES string of the molecule is C=CCOC(=O)[C@H](CC1CC1)NC(=O)C[C@@H]1CCC(=S)N1Cc1cccc(F)c1F. The third kappa shape index (κ3) is 5.84. The fourth-order valence-corrected chi connectivity index (χ4v) is 4.02. The maximum atomic E-state index is 14.1. The maximum absolute atomic E-state index is 14.1. The number of nitrogens with zero attached hydrogens (tertiary/aromatic N) is 1. The number of carbonyl (C=O) groups is 2. The topological polar surface area (TPSA) is 58.6 Å². The molecule has 30 heavy (non-hydrogen) atoms. The number of esters is 1. The van der Waals surface area contributed by atoms with E-state index in [9.17, 15) is 18.4 Å². The fraction of sp³-hybridized carbons (Fsp3) is 0.500. The van der Waals surface area contributed by atoms with Gasteiger partial charge in [-0.2, -0.15) is 0 Å². The summed E-state index contributed by atoms with van der Waals surface area (Å²) in [6.45, 7) is 3.72. The van der Waals surface area contributed by atoms with E-state index in [0.717, 1.165) is 18.9 Å². The van der Waals surface area contributed by atoms with Gasteiger partial charge in [-0.05, 0) is 31.2 Å². The molecule has 1 saturated carbocycles. The number of nitrogens with one attached hydrogen (secondary N) is 1. The summed E-state index contributed by atoms with van der Waals surface area (Å²) in [6, 6.07) is 3.11. The second-order valence-corrected chi connectivity index (χ2v) is 8.32. The highest BCUT2D eigenvalue weighted by Crippen LogP contribution is 2.34. The molecule has 0 spiro atoms. The van der Waals surface area contributed by atoms with Gasteiger partial charge < -0.3 is 15.0 Å². The average molecular weight is 437 g/mol. The summed E-state index contributed by atoms with van der Waals surface area (Å²) >= 11 is 5.38. The number of carbonyl (C=O) groups excluding carboxylic acids is 2. The number of likely N-dealkylation sites (tertiary alicyclic amines) is 1. The lowest BCUT2D eigenvalue weighted by atomic mass is 10.1. The standard InChI is InChI=1S/C22H26F2N2O3S/c1-2-10-29-22(28)18(11-14-6-7-14)25-19(27)12-16-8-9-20(30)26(16)13-15-4-3-5-17(23)21(15)24/h2-5,14,16,18H,1,6-13H2,(H,25,27)/t16-,18-/m0/s1. The van der Waals surface area contributed by atoms with E-state index >= 15 is 0 Å². The number of hydrogen-bond acceptors (Lipinski definition) is 4. The van der Waals surface area contributed by atoms with Crippen molar-refractivity contribution in [3.05, 3.63) is 48.1 Å². The predicted octanol–water partition coefficient (Wildman–Crippen LogP) is 3.66. The first-order valence-corrected chi connectivity index (χ1v) is 10.6. The number of rotatable bonds is 10. The Morgan fingerprint density at radius 1 is 1.33 bits per heavy atom. The summed E-state index contributed by atoms with van der Waals surface area (Å²) in [5.74, 6) is -2.12. The molecular weight excluding hydrogens is 410 g/mol. The summed E-state index contributed by atoms with van der Waals surface area (Å²) in [4.78, 5) is 27.3. The van der Waals surface area contributed by atoms with Gasteiger partial charge >= 0.3 is 5.97 Å². The zero-order chi connectivity index (χ0) is 21.7. The quantitative estimate of drug-likeness (QED) is 0.345. The summed E-state index contributed by atoms with van der Waals surface area (Å²) in [6.07, 6.45) is 5.51. The minimum Gasteiger partial charge on any atom is -0.460 e. The van der Waals surface area contributed by atoms with Gasteiger partial charge in [0.1, 0.15) is 12.6 Å². The van der Waals surface area contributed by atoms with Gasteiger partial charge in [-0.25, -0.2) is 13.6 Å². The van der Waals surface area contributed by atoms with E-state index in [4.69, 9.17) is 17.0 Å². The van der Waals surface area contributed by atoms with Crippen molar-refractivity contribution >= 4 is 29.1 Å². The molecule has 0 unspecified atom stereocenters. The molecule has 1 aliphatic heterocycles. The molecule has 5 nitrogen and oxygen atoms in total. The first-order valence-electron chi connectivity index (χ1n) is 10.2. The lowest BCUT2D eigenvalue weighted by molar-refractivity contribution is -0.147. The van der Waals surface area contributed by atoms with Crippen LogP contribution in [0.15, 0.2) is 30.9 Å². The van der Waals surface area contributed by atoms with Crippen LogP contribution in [0.25, 0.3) is 0 Å². The number of amides is 1. The number of hydrogen-bond donors (Lipinski definition) is 1. The molecule has 3 rings (SSSR count). The molecule has 8 heteroatoms. The first-order chi connectivity index (χ1) is 14.4. The van der Waals surface area contributed by atoms with E-state index in [-0.39, 0.29) is 37.1 Å². The second-order valence-electron chi connectivity index (χ2n) is 7.85. The smallest absolute Gasteiger partial charge is 0.328 e. The van der Waals surface area contributed by atoms with Crippen LogP contribution in [0.3, 0.4) is 0 Å². The van der Waals surface area contributed by atoms with Crippen molar-refractivity contribution in [2.75, 3.05) is 6.61 Å². The Labute approximate surface area is 180 Å². The van der Waals surface area contributed by atoms with Crippen LogP contribution in [0.4, 0.5) is 8.78 Å². The minimum atomic E-state index is -0.909. The van der Waals surface area contributed by atoms with Crippen LogP contribution in [0.5, 0.6) is 0 Å². The minimum absolute atomic E-state index is 0.0970. The zero-order valence-corrected chi connectivity index (χ0v) is 17.6. The van der Waals surface area contributed by atoms with Crippen LogP contribution in [-0.4, -0.2) is 40.5 Å². The second kappa shape index (κ2) is 10.1. The van der Waals surface area contributed by atoms with Gasteiger partial charge in [-0.15, -0.1) is 0 Å². The van der Waals surface area contributed by atoms with Crippen LogP contribution in [-0.2, 0) is 20.9 Å². The van der Waals surface area contributed by atoms with Gasteiger partial charge in [0.25, 0.3) is 0 Å². The Hall–Kier alpha value is -2.35. The van der Waals surface area contributed by atoms with Crippen LogP contribution >= 0.6 is 12.2 Å². The van der Waals surface area contributed by atoms with Crippen LogP contribution in [0.1, 0.15) is 44.1 Å². The Kier molecular flexibility index (Phi) is 7.53. The average Bonchev–Trinajstić information content (AvgIpc) is 3.47. The fourth-order valence-electron chi connectivity index (χ4n) is 3.69. The van der Waals surface area contributed by atoms with Gasteiger partial charge in [0.15, 0.2) is 11.6 Å². The molecule has 1 saturated heterocycles. The van der Waals surface area contributed by atoms with Gasteiger partial charge in [-0.1, -0.05) is 49.8 Å². The predicted molar refractivity (Wildman–Crippen MR) is 113 cm³/mol. The molecule has 1 amide bonds. The van der Waals surface area contributed by atoms with Crippen LogP contribution < -0.4 is 5.32 Å². The Morgan fingerprint density at radius 2 is 2.10 bits per heavy atom. The van der Waals surface area contributed by atoms with Crippen molar-refractivity contribution in [2.24, 2.45) is 5.92 Å². The lowest BCUT2D eigenvalue weighted by Gasteiger charge is -2.27. The molecule has 2 atom stereocenters. The highest BCUT2D eigenvalue weighted by molar-refractivity contribution is 7.80. The molecule has 162 valence electrons. The number of benzene rings is 1. The highest BCUT2D eigenvalue weighted by atomic mass is 32.1. The normalized spacial score (nSPS) is 19.5. The van der Waals surface area contributed by atoms with Crippen molar-refractivity contribution in [2.45, 2.75) is 57.2 Å². The largest absolute Gasteiger partial charge is 0.460 e. The van der Waals surface area contributed by atoms with E-state index in [0.29, 0.717) is 30.2 Å². The molecular formula is C22H26F2N2O3S. The van der Waals surface area contributed by atoms with E-state index in [1.807, 2.05) is 0 Å². The van der Waals surface area contributed by atoms with Crippen LogP contribution in [0, 0.1) is 17.6 Å². The molecule has 1 aromatic carbocycles. The Morgan fingerprint density at radius 3 is 2.80 bits per heavy atom. The van der Waals surface area contributed by atoms with Gasteiger partial charge in [0, 0.05) is 24.6 Å². The molecule has 1 heterocycles. The van der Waals surface area contributed by atoms with Crippen molar-refractivity contribution in [3.63, 3.8) is 0 Å². The van der Waals surface area contributed by atoms with E-state index in [1.54, 1.807) is 4.90 Å². The van der Waals surface area contributed by atoms with Crippen LogP contribution in [0.2, 0.25) is 0 Å². The lowest BCUT2D eigenvalue weighted by Crippen LogP contribution is -2.44. The third-order valence-electron chi connectivity index (χ3n) is 5.47. The molecule has 0 radical (unpaired) electrons. The maximum Gasteiger partial charge on any atom is 0.328 e. The zero-order valence-electron chi connectivity index (χ0n) is 16.7. The van der Waals surface area contributed by atoms with E-state index < -0.39 is 23.6 Å². The van der Waals surface area contributed by atoms with Gasteiger partial charge in [0.2, 0.25) is 5.91 Å². The first kappa shape index (κ1) is 22.3. The Bertz CT molecular complexity index is 829. The van der Waals surface area contributed by atoms with Crippen molar-refractivity contribution < 1.29 is 23.1 Å². The molecule has 2 aliphatic rings. The molecule has 2 fully saturated rings. The molecule has 0 aromatic heterocycles. The van der Waals surface area contributed by atoms with Gasteiger partial charge in [0.05, 0.1) is 4.99 Å². The molecule has 0 bridgehead atoms. The number of ether oxygens (including phenoxy) is 1. The Balaban J connectivity index is 1.61. The third-order valence-corrected chi connectivity index (χ3v) is 5.91. The summed E-state index contributed by atoms with van der Waals surface area (Å²) in [5, 5.41) is 2.79. The van der Waals surface area contributed by atoms with Gasteiger partial charge in [-0.3, -0.25) is 4.79 Å². The van der Waals surface area contributed by atoms with Crippen molar-refractivity contribution in [1.82, 2.24) is 10.2 Å².